The summed E-state index contributed by atoms with van der Waals surface area (Å²) in [6.07, 6.45) is 0. The van der Waals surface area contributed by atoms with Crippen molar-refractivity contribution < 1.29 is 23.9 Å². The first-order valence-electron chi connectivity index (χ1n) is 9.00. The van der Waals surface area contributed by atoms with E-state index >= 15 is 0 Å². The van der Waals surface area contributed by atoms with Gasteiger partial charge in [-0.05, 0) is 18.2 Å². The molecule has 8 heteroatoms. The first kappa shape index (κ1) is 17.8. The van der Waals surface area contributed by atoms with Gasteiger partial charge in [0.1, 0.15) is 16.7 Å². The van der Waals surface area contributed by atoms with Crippen LogP contribution in [0.5, 0.6) is 11.5 Å². The van der Waals surface area contributed by atoms with E-state index in [0.29, 0.717) is 22.7 Å². The third-order valence-corrected chi connectivity index (χ3v) is 6.70. The summed E-state index contributed by atoms with van der Waals surface area (Å²) < 4.78 is 10.6. The van der Waals surface area contributed by atoms with Crippen molar-refractivity contribution in [2.45, 2.75) is 11.2 Å². The van der Waals surface area contributed by atoms with Crippen molar-refractivity contribution in [1.29, 1.82) is 0 Å². The number of rotatable bonds is 2. The second kappa shape index (κ2) is 6.38. The van der Waals surface area contributed by atoms with Gasteiger partial charge in [0, 0.05) is 17.5 Å². The summed E-state index contributed by atoms with van der Waals surface area (Å²) >= 11 is 1.05. The number of hydrogen-bond acceptors (Lipinski definition) is 7. The van der Waals surface area contributed by atoms with Gasteiger partial charge in [-0.25, -0.2) is 9.69 Å². The van der Waals surface area contributed by atoms with Gasteiger partial charge in [0.15, 0.2) is 0 Å². The van der Waals surface area contributed by atoms with Gasteiger partial charge in [0.25, 0.3) is 0 Å². The third-order valence-electron chi connectivity index (χ3n) is 5.47. The summed E-state index contributed by atoms with van der Waals surface area (Å²) in [5.41, 5.74) is 7.54. The predicted molar refractivity (Wildman–Crippen MR) is 106 cm³/mol. The Labute approximate surface area is 170 Å². The number of para-hydroxylation sites is 1. The first-order valence-corrected chi connectivity index (χ1v) is 9.88. The lowest BCUT2D eigenvalue weighted by Gasteiger charge is -2.36. The molecule has 0 spiro atoms. The van der Waals surface area contributed by atoms with Gasteiger partial charge in [-0.3, -0.25) is 9.59 Å². The minimum atomic E-state index is -0.741. The molecule has 2 aromatic carbocycles. The molecule has 5 rings (SSSR count). The van der Waals surface area contributed by atoms with E-state index in [4.69, 9.17) is 15.2 Å². The van der Waals surface area contributed by atoms with E-state index in [9.17, 15) is 14.4 Å². The Bertz CT molecular complexity index is 1110. The molecule has 0 unspecified atom stereocenters. The number of fused-ring (bicyclic) bond motifs is 5. The molecule has 3 atom stereocenters. The predicted octanol–water partition coefficient (Wildman–Crippen LogP) is 2.17. The van der Waals surface area contributed by atoms with E-state index in [-0.39, 0.29) is 22.4 Å². The Kier molecular flexibility index (Phi) is 3.92. The van der Waals surface area contributed by atoms with E-state index in [0.717, 1.165) is 11.8 Å². The number of carbonyl (C=O) groups excluding carboxylic acids is 3. The van der Waals surface area contributed by atoms with Crippen LogP contribution in [0.2, 0.25) is 0 Å². The fourth-order valence-corrected chi connectivity index (χ4v) is 5.45. The lowest BCUT2D eigenvalue weighted by Crippen LogP contribution is -2.39. The molecular formula is C21H16N2O5S. The van der Waals surface area contributed by atoms with Crippen LogP contribution in [0.3, 0.4) is 0 Å². The van der Waals surface area contributed by atoms with E-state index in [2.05, 4.69) is 0 Å². The molecule has 29 heavy (non-hydrogen) atoms. The Morgan fingerprint density at radius 1 is 1.07 bits per heavy atom. The molecule has 3 heterocycles. The molecule has 7 nitrogen and oxygen atoms in total. The van der Waals surface area contributed by atoms with Crippen LogP contribution in [-0.2, 0) is 14.4 Å². The normalized spacial score (nSPS) is 25.3. The maximum absolute atomic E-state index is 13.5. The Morgan fingerprint density at radius 2 is 1.86 bits per heavy atom. The third kappa shape index (κ3) is 2.49. The molecule has 0 aromatic heterocycles. The van der Waals surface area contributed by atoms with E-state index < -0.39 is 23.1 Å². The van der Waals surface area contributed by atoms with Crippen molar-refractivity contribution in [3.63, 3.8) is 0 Å². The summed E-state index contributed by atoms with van der Waals surface area (Å²) in [5.74, 6) is -1.71. The molecule has 0 bridgehead atoms. The van der Waals surface area contributed by atoms with Crippen molar-refractivity contribution in [1.82, 2.24) is 0 Å². The number of ether oxygens (including phenoxy) is 2. The Morgan fingerprint density at radius 3 is 2.66 bits per heavy atom. The SMILES string of the molecule is COc1cccc(N2C(=O)[C@@H]3[C@H](SC(N)=C4C(=O)Oc5ccccc5[C@@H]43)C2=O)c1. The zero-order valence-electron chi connectivity index (χ0n) is 15.3. The smallest absolute Gasteiger partial charge is 0.342 e. The van der Waals surface area contributed by atoms with E-state index in [1.54, 1.807) is 42.5 Å². The molecule has 1 fully saturated rings. The molecule has 1 saturated heterocycles. The van der Waals surface area contributed by atoms with Crippen molar-refractivity contribution in [3.05, 3.63) is 64.7 Å². The fraction of sp³-hybridized carbons (Fsp3) is 0.190. The molecule has 0 saturated carbocycles. The van der Waals surface area contributed by atoms with Crippen LogP contribution in [0.15, 0.2) is 59.1 Å². The van der Waals surface area contributed by atoms with Crippen molar-refractivity contribution in [2.24, 2.45) is 11.7 Å². The van der Waals surface area contributed by atoms with Crippen LogP contribution < -0.4 is 20.1 Å². The average Bonchev–Trinajstić information content (AvgIpc) is 2.97. The molecular weight excluding hydrogens is 392 g/mol. The van der Waals surface area contributed by atoms with Gasteiger partial charge in [0.2, 0.25) is 11.8 Å². The number of hydrogen-bond donors (Lipinski definition) is 1. The highest BCUT2D eigenvalue weighted by Gasteiger charge is 2.58. The minimum absolute atomic E-state index is 0.226. The van der Waals surface area contributed by atoms with Gasteiger partial charge >= 0.3 is 5.97 Å². The van der Waals surface area contributed by atoms with Crippen molar-refractivity contribution >= 4 is 35.2 Å². The maximum Gasteiger partial charge on any atom is 0.342 e. The molecule has 2 N–H and O–H groups in total. The molecule has 3 aliphatic rings. The summed E-state index contributed by atoms with van der Waals surface area (Å²) in [6, 6.07) is 13.8. The summed E-state index contributed by atoms with van der Waals surface area (Å²) in [5, 5.41) is -0.481. The van der Waals surface area contributed by atoms with Gasteiger partial charge in [-0.1, -0.05) is 36.0 Å². The number of amides is 2. The highest BCUT2D eigenvalue weighted by Crippen LogP contribution is 2.54. The zero-order valence-corrected chi connectivity index (χ0v) is 16.1. The van der Waals surface area contributed by atoms with Crippen LogP contribution in [0, 0.1) is 5.92 Å². The first-order chi connectivity index (χ1) is 14.0. The van der Waals surface area contributed by atoms with E-state index in [1.807, 2.05) is 6.07 Å². The van der Waals surface area contributed by atoms with Crippen LogP contribution in [0.1, 0.15) is 11.5 Å². The van der Waals surface area contributed by atoms with Crippen molar-refractivity contribution in [3.8, 4) is 11.5 Å². The fourth-order valence-electron chi connectivity index (χ4n) is 4.21. The monoisotopic (exact) mass is 408 g/mol. The number of esters is 1. The van der Waals surface area contributed by atoms with Gasteiger partial charge in [-0.15, -0.1) is 0 Å². The number of thioether (sulfide) groups is 1. The molecule has 2 amide bonds. The van der Waals surface area contributed by atoms with Crippen molar-refractivity contribution in [2.75, 3.05) is 12.0 Å². The molecule has 0 aliphatic carbocycles. The standard InChI is InChI=1S/C21H16N2O5S/c1-27-11-6-4-5-10(9-11)23-19(24)15-14-12-7-2-3-8-13(12)28-21(26)16(14)18(22)29-17(15)20(23)25/h2-9,14-15,17H,22H2,1H3/t14-,15+,17+/m1/s1. The van der Waals surface area contributed by atoms with E-state index in [1.165, 1.54) is 12.0 Å². The number of imide groups is 1. The second-order valence-electron chi connectivity index (χ2n) is 6.96. The van der Waals surface area contributed by atoms with Crippen LogP contribution in [0.4, 0.5) is 5.69 Å². The molecule has 2 aromatic rings. The minimum Gasteiger partial charge on any atom is -0.497 e. The van der Waals surface area contributed by atoms with Gasteiger partial charge in [0.05, 0.1) is 29.3 Å². The van der Waals surface area contributed by atoms with Crippen LogP contribution in [0.25, 0.3) is 0 Å². The number of benzene rings is 2. The molecule has 146 valence electrons. The highest BCUT2D eigenvalue weighted by molar-refractivity contribution is 8.04. The van der Waals surface area contributed by atoms with Gasteiger partial charge < -0.3 is 15.2 Å². The Hall–Kier alpha value is -3.26. The lowest BCUT2D eigenvalue weighted by atomic mass is 9.77. The summed E-state index contributed by atoms with van der Waals surface area (Å²) in [4.78, 5) is 40.5. The number of nitrogens with two attached hydrogens (primary N) is 1. The average molecular weight is 408 g/mol. The largest absolute Gasteiger partial charge is 0.497 e. The zero-order chi connectivity index (χ0) is 20.3. The quantitative estimate of drug-likeness (QED) is 0.462. The number of carbonyl (C=O) groups is 3. The van der Waals surface area contributed by atoms with Crippen LogP contribution >= 0.6 is 11.8 Å². The summed E-state index contributed by atoms with van der Waals surface area (Å²) in [7, 11) is 1.52. The van der Waals surface area contributed by atoms with Crippen LogP contribution in [-0.4, -0.2) is 30.1 Å². The molecule has 0 radical (unpaired) electrons. The lowest BCUT2D eigenvalue weighted by molar-refractivity contribution is -0.131. The number of anilines is 1. The topological polar surface area (TPSA) is 98.9 Å². The maximum atomic E-state index is 13.5. The summed E-state index contributed by atoms with van der Waals surface area (Å²) in [6.45, 7) is 0. The second-order valence-corrected chi connectivity index (χ2v) is 8.14. The van der Waals surface area contributed by atoms with Gasteiger partial charge in [-0.2, -0.15) is 0 Å². The number of methoxy groups -OCH3 is 1. The Balaban J connectivity index is 1.64. The highest BCUT2D eigenvalue weighted by atomic mass is 32.2. The number of nitrogens with zero attached hydrogens (tertiary/aromatic N) is 1. The molecule has 3 aliphatic heterocycles.